The second kappa shape index (κ2) is 5.99. The van der Waals surface area contributed by atoms with Gasteiger partial charge in [-0.3, -0.25) is 9.52 Å². The maximum atomic E-state index is 12.2. The fourth-order valence-corrected chi connectivity index (χ4v) is 3.54. The van der Waals surface area contributed by atoms with E-state index >= 15 is 0 Å². The number of nitrogens with zero attached hydrogens (tertiary/aromatic N) is 1. The minimum atomic E-state index is -3.67. The minimum Gasteiger partial charge on any atom is -0.481 e. The Bertz CT molecular complexity index is 597. The Balaban J connectivity index is 2.03. The van der Waals surface area contributed by atoms with Gasteiger partial charge in [0, 0.05) is 18.1 Å². The van der Waals surface area contributed by atoms with Gasteiger partial charge in [0.15, 0.2) is 0 Å². The summed E-state index contributed by atoms with van der Waals surface area (Å²) in [6, 6.07) is 6.42. The fourth-order valence-electron chi connectivity index (χ4n) is 2.11. The van der Waals surface area contributed by atoms with Crippen LogP contribution in [-0.2, 0) is 15.0 Å². The van der Waals surface area contributed by atoms with E-state index in [9.17, 15) is 13.2 Å². The summed E-state index contributed by atoms with van der Waals surface area (Å²) in [6.45, 7) is 0.403. The first kappa shape index (κ1) is 15.1. The van der Waals surface area contributed by atoms with Gasteiger partial charge in [-0.2, -0.15) is 12.7 Å². The van der Waals surface area contributed by atoms with E-state index in [1.54, 1.807) is 18.2 Å². The Kier molecular flexibility index (Phi) is 4.52. The van der Waals surface area contributed by atoms with Crippen LogP contribution in [-0.4, -0.2) is 36.9 Å². The molecule has 2 N–H and O–H groups in total. The van der Waals surface area contributed by atoms with Gasteiger partial charge < -0.3 is 5.11 Å². The quantitative estimate of drug-likeness (QED) is 0.886. The van der Waals surface area contributed by atoms with Gasteiger partial charge in [-0.1, -0.05) is 17.7 Å². The first-order valence-electron chi connectivity index (χ1n) is 6.15. The summed E-state index contributed by atoms with van der Waals surface area (Å²) in [5.41, 5.74) is 0.387. The Hall–Kier alpha value is -1.31. The van der Waals surface area contributed by atoms with Crippen molar-refractivity contribution in [2.45, 2.75) is 12.8 Å². The smallest absolute Gasteiger partial charge is 0.306 e. The van der Waals surface area contributed by atoms with Crippen LogP contribution in [0.25, 0.3) is 0 Å². The zero-order valence-corrected chi connectivity index (χ0v) is 12.2. The molecule has 0 spiro atoms. The third-order valence-corrected chi connectivity index (χ3v) is 4.99. The van der Waals surface area contributed by atoms with E-state index in [4.69, 9.17) is 16.7 Å². The first-order valence-corrected chi connectivity index (χ1v) is 7.96. The van der Waals surface area contributed by atoms with Crippen molar-refractivity contribution in [3.05, 3.63) is 29.3 Å². The summed E-state index contributed by atoms with van der Waals surface area (Å²) in [6.07, 6.45) is 0.650. The van der Waals surface area contributed by atoms with Crippen molar-refractivity contribution in [2.24, 2.45) is 5.92 Å². The molecule has 0 radical (unpaired) electrons. The van der Waals surface area contributed by atoms with E-state index in [1.807, 2.05) is 0 Å². The van der Waals surface area contributed by atoms with E-state index in [2.05, 4.69) is 4.72 Å². The molecule has 1 aliphatic heterocycles. The molecular weight excluding hydrogens is 304 g/mol. The maximum absolute atomic E-state index is 12.2. The van der Waals surface area contributed by atoms with Crippen LogP contribution in [0.5, 0.6) is 0 Å². The van der Waals surface area contributed by atoms with Gasteiger partial charge in [-0.05, 0) is 31.0 Å². The lowest BCUT2D eigenvalue weighted by molar-refractivity contribution is -0.142. The average molecular weight is 319 g/mol. The maximum Gasteiger partial charge on any atom is 0.306 e. The summed E-state index contributed by atoms with van der Waals surface area (Å²) in [5.74, 6) is -1.34. The van der Waals surface area contributed by atoms with Crippen molar-refractivity contribution in [1.29, 1.82) is 0 Å². The van der Waals surface area contributed by atoms with Crippen LogP contribution in [0, 0.1) is 5.92 Å². The van der Waals surface area contributed by atoms with E-state index in [1.165, 1.54) is 10.4 Å². The number of nitrogens with one attached hydrogen (secondary N) is 1. The largest absolute Gasteiger partial charge is 0.481 e. The van der Waals surface area contributed by atoms with Gasteiger partial charge in [-0.25, -0.2) is 0 Å². The monoisotopic (exact) mass is 318 g/mol. The van der Waals surface area contributed by atoms with Crippen LogP contribution < -0.4 is 4.72 Å². The van der Waals surface area contributed by atoms with Crippen molar-refractivity contribution in [2.75, 3.05) is 17.8 Å². The summed E-state index contributed by atoms with van der Waals surface area (Å²) in [5, 5.41) is 9.33. The highest BCUT2D eigenvalue weighted by atomic mass is 35.5. The Morgan fingerprint density at radius 3 is 2.55 bits per heavy atom. The number of piperidine rings is 1. The lowest BCUT2D eigenvalue weighted by Crippen LogP contribution is -2.42. The predicted octanol–water partition coefficient (Wildman–Crippen LogP) is 1.79. The zero-order valence-electron chi connectivity index (χ0n) is 10.6. The van der Waals surface area contributed by atoms with Gasteiger partial charge in [0.05, 0.1) is 11.6 Å². The number of halogens is 1. The number of hydrogen-bond acceptors (Lipinski definition) is 3. The van der Waals surface area contributed by atoms with Crippen LogP contribution in [0.3, 0.4) is 0 Å². The number of carbonyl (C=O) groups is 1. The van der Waals surface area contributed by atoms with Gasteiger partial charge in [0.2, 0.25) is 0 Å². The van der Waals surface area contributed by atoms with Crippen LogP contribution in [0.1, 0.15) is 12.8 Å². The molecule has 6 nitrogen and oxygen atoms in total. The van der Waals surface area contributed by atoms with Crippen molar-refractivity contribution in [1.82, 2.24) is 4.31 Å². The highest BCUT2D eigenvalue weighted by Gasteiger charge is 2.30. The molecule has 2 rings (SSSR count). The molecule has 1 fully saturated rings. The Morgan fingerprint density at radius 2 is 2.00 bits per heavy atom. The molecule has 1 aromatic carbocycles. The third kappa shape index (κ3) is 3.62. The zero-order chi connectivity index (χ0) is 14.8. The number of hydrogen-bond donors (Lipinski definition) is 2. The number of benzene rings is 1. The Labute approximate surface area is 122 Å². The lowest BCUT2D eigenvalue weighted by Gasteiger charge is -2.29. The number of carboxylic acid groups (broad SMARTS) is 1. The van der Waals surface area contributed by atoms with Crippen LogP contribution in [0.4, 0.5) is 5.69 Å². The highest BCUT2D eigenvalue weighted by Crippen LogP contribution is 2.22. The van der Waals surface area contributed by atoms with E-state index in [0.717, 1.165) is 0 Å². The van der Waals surface area contributed by atoms with Crippen molar-refractivity contribution in [3.8, 4) is 0 Å². The van der Waals surface area contributed by atoms with E-state index in [-0.39, 0.29) is 13.1 Å². The second-order valence-corrected chi connectivity index (χ2v) is 6.74. The third-order valence-electron chi connectivity index (χ3n) is 3.21. The van der Waals surface area contributed by atoms with Crippen LogP contribution in [0.15, 0.2) is 24.3 Å². The molecule has 0 saturated carbocycles. The van der Waals surface area contributed by atoms with E-state index in [0.29, 0.717) is 23.6 Å². The molecule has 0 unspecified atom stereocenters. The fraction of sp³-hybridized carbons (Fsp3) is 0.417. The molecule has 0 aromatic heterocycles. The van der Waals surface area contributed by atoms with Gasteiger partial charge >= 0.3 is 16.2 Å². The molecule has 1 aromatic rings. The SMILES string of the molecule is O=C(O)C1CCN(S(=O)(=O)Nc2cccc(Cl)c2)CC1. The lowest BCUT2D eigenvalue weighted by atomic mass is 9.99. The summed E-state index contributed by atoms with van der Waals surface area (Å²) in [7, 11) is -3.67. The molecule has 0 amide bonds. The second-order valence-electron chi connectivity index (χ2n) is 4.63. The number of aliphatic carboxylic acids is 1. The highest BCUT2D eigenvalue weighted by molar-refractivity contribution is 7.90. The molecule has 1 saturated heterocycles. The molecule has 20 heavy (non-hydrogen) atoms. The standard InChI is InChI=1S/C12H15ClN2O4S/c13-10-2-1-3-11(8-10)14-20(18,19)15-6-4-9(5-7-15)12(16)17/h1-3,8-9,14H,4-7H2,(H,16,17). The van der Waals surface area contributed by atoms with Crippen molar-refractivity contribution < 1.29 is 18.3 Å². The molecule has 110 valence electrons. The van der Waals surface area contributed by atoms with Crippen LogP contribution in [0.2, 0.25) is 5.02 Å². The summed E-state index contributed by atoms with van der Waals surface area (Å²) in [4.78, 5) is 10.8. The minimum absolute atomic E-state index is 0.201. The number of rotatable bonds is 4. The molecule has 0 aliphatic carbocycles. The molecule has 8 heteroatoms. The van der Waals surface area contributed by atoms with Crippen molar-refractivity contribution >= 4 is 33.5 Å². The number of anilines is 1. The molecule has 0 atom stereocenters. The van der Waals surface area contributed by atoms with E-state index < -0.39 is 22.1 Å². The molecule has 0 bridgehead atoms. The van der Waals surface area contributed by atoms with Gasteiger partial charge in [-0.15, -0.1) is 0 Å². The van der Waals surface area contributed by atoms with Crippen molar-refractivity contribution in [3.63, 3.8) is 0 Å². The average Bonchev–Trinajstić information content (AvgIpc) is 2.38. The van der Waals surface area contributed by atoms with Crippen LogP contribution >= 0.6 is 11.6 Å². The topological polar surface area (TPSA) is 86.7 Å². The first-order chi connectivity index (χ1) is 9.38. The normalized spacial score (nSPS) is 17.9. The predicted molar refractivity (Wildman–Crippen MR) is 75.9 cm³/mol. The van der Waals surface area contributed by atoms with Gasteiger partial charge in [0.1, 0.15) is 0 Å². The Morgan fingerprint density at radius 1 is 1.35 bits per heavy atom. The summed E-state index contributed by atoms with van der Waals surface area (Å²) < 4.78 is 28.0. The molecule has 1 heterocycles. The molecular formula is C12H15ClN2O4S. The summed E-state index contributed by atoms with van der Waals surface area (Å²) >= 11 is 5.80. The number of carboxylic acids is 1. The molecule has 1 aliphatic rings. The van der Waals surface area contributed by atoms with Gasteiger partial charge in [0.25, 0.3) is 0 Å².